The van der Waals surface area contributed by atoms with Crippen molar-refractivity contribution >= 4 is 43.0 Å². The molecule has 0 heterocycles. The number of benzene rings is 2. The van der Waals surface area contributed by atoms with E-state index in [1.54, 1.807) is 32.0 Å². The molecule has 0 saturated carbocycles. The predicted octanol–water partition coefficient (Wildman–Crippen LogP) is 3.55. The van der Waals surface area contributed by atoms with E-state index in [0.717, 1.165) is 0 Å². The maximum atomic E-state index is 12.7. The molecule has 10 heteroatoms. The molecule has 7 nitrogen and oxygen atoms in total. The van der Waals surface area contributed by atoms with E-state index in [4.69, 9.17) is 16.3 Å². The van der Waals surface area contributed by atoms with Gasteiger partial charge in [0.15, 0.2) is 0 Å². The first kappa shape index (κ1) is 21.3. The molecular weight excluding hydrogens is 412 g/mol. The van der Waals surface area contributed by atoms with E-state index in [0.29, 0.717) is 0 Å². The SMILES string of the molecule is COc1ccc(S(=O)(=O)Nc2ccccc2Cl)cc1NS(=O)(=O)CC(C)C. The molecule has 0 atom stereocenters. The van der Waals surface area contributed by atoms with Crippen molar-refractivity contribution in [2.75, 3.05) is 22.3 Å². The summed E-state index contributed by atoms with van der Waals surface area (Å²) in [5.41, 5.74) is 0.261. The van der Waals surface area contributed by atoms with Gasteiger partial charge in [0.2, 0.25) is 10.0 Å². The van der Waals surface area contributed by atoms with Crippen molar-refractivity contribution in [3.63, 3.8) is 0 Å². The van der Waals surface area contributed by atoms with Gasteiger partial charge in [0.05, 0.1) is 34.2 Å². The Labute approximate surface area is 164 Å². The molecule has 0 aromatic heterocycles. The number of hydrogen-bond acceptors (Lipinski definition) is 5. The van der Waals surface area contributed by atoms with Crippen LogP contribution in [0.15, 0.2) is 47.4 Å². The first-order valence-electron chi connectivity index (χ1n) is 8.00. The van der Waals surface area contributed by atoms with Gasteiger partial charge in [-0.15, -0.1) is 0 Å². The lowest BCUT2D eigenvalue weighted by Crippen LogP contribution is -2.21. The summed E-state index contributed by atoms with van der Waals surface area (Å²) < 4.78 is 59.7. The third-order valence-electron chi connectivity index (χ3n) is 3.42. The molecular formula is C17H21ClN2O5S2. The normalized spacial score (nSPS) is 12.0. The van der Waals surface area contributed by atoms with E-state index < -0.39 is 20.0 Å². The van der Waals surface area contributed by atoms with E-state index >= 15 is 0 Å². The van der Waals surface area contributed by atoms with Crippen LogP contribution < -0.4 is 14.2 Å². The third kappa shape index (κ3) is 5.75. The maximum Gasteiger partial charge on any atom is 0.262 e. The molecule has 0 aliphatic carbocycles. The maximum absolute atomic E-state index is 12.7. The van der Waals surface area contributed by atoms with Crippen LogP contribution in [0, 0.1) is 5.92 Å². The topological polar surface area (TPSA) is 102 Å². The first-order valence-corrected chi connectivity index (χ1v) is 11.5. The molecule has 0 amide bonds. The monoisotopic (exact) mass is 432 g/mol. The van der Waals surface area contributed by atoms with Crippen LogP contribution in [0.3, 0.4) is 0 Å². The van der Waals surface area contributed by atoms with Gasteiger partial charge in [-0.2, -0.15) is 0 Å². The van der Waals surface area contributed by atoms with Crippen LogP contribution >= 0.6 is 11.6 Å². The highest BCUT2D eigenvalue weighted by molar-refractivity contribution is 7.93. The summed E-state index contributed by atoms with van der Waals surface area (Å²) in [6.07, 6.45) is 0. The van der Waals surface area contributed by atoms with Crippen molar-refractivity contribution < 1.29 is 21.6 Å². The van der Waals surface area contributed by atoms with Gasteiger partial charge in [-0.3, -0.25) is 9.44 Å². The van der Waals surface area contributed by atoms with Crippen LogP contribution in [-0.4, -0.2) is 29.7 Å². The summed E-state index contributed by atoms with van der Waals surface area (Å²) in [7, 11) is -6.28. The Bertz CT molecular complexity index is 1020. The van der Waals surface area contributed by atoms with E-state index in [1.165, 1.54) is 31.4 Å². The quantitative estimate of drug-likeness (QED) is 0.664. The number of anilines is 2. The van der Waals surface area contributed by atoms with Gasteiger partial charge in [0, 0.05) is 0 Å². The van der Waals surface area contributed by atoms with Crippen LogP contribution in [0.2, 0.25) is 5.02 Å². The van der Waals surface area contributed by atoms with Crippen LogP contribution in [0.4, 0.5) is 11.4 Å². The fourth-order valence-corrected chi connectivity index (χ4v) is 5.13. The average Bonchev–Trinajstić information content (AvgIpc) is 2.55. The number of ether oxygens (including phenoxy) is 1. The van der Waals surface area contributed by atoms with Crippen molar-refractivity contribution in [1.82, 2.24) is 0 Å². The molecule has 2 aromatic carbocycles. The fraction of sp³-hybridized carbons (Fsp3) is 0.294. The highest BCUT2D eigenvalue weighted by Gasteiger charge is 2.21. The second kappa shape index (κ2) is 8.37. The minimum Gasteiger partial charge on any atom is -0.495 e. The Morgan fingerprint density at radius 1 is 1.00 bits per heavy atom. The molecule has 2 aromatic rings. The number of hydrogen-bond donors (Lipinski definition) is 2. The number of halogens is 1. The molecule has 0 radical (unpaired) electrons. The van der Waals surface area contributed by atoms with E-state index in [2.05, 4.69) is 9.44 Å². The number of rotatable bonds is 8. The zero-order valence-corrected chi connectivity index (χ0v) is 17.5. The van der Waals surface area contributed by atoms with Gasteiger partial charge in [-0.1, -0.05) is 37.6 Å². The molecule has 0 bridgehead atoms. The zero-order chi connectivity index (χ0) is 20.2. The molecule has 0 spiro atoms. The van der Waals surface area contributed by atoms with E-state index in [1.807, 2.05) is 0 Å². The second-order valence-electron chi connectivity index (χ2n) is 6.22. The Balaban J connectivity index is 2.39. The lowest BCUT2D eigenvalue weighted by atomic mass is 10.3. The van der Waals surface area contributed by atoms with Gasteiger partial charge >= 0.3 is 0 Å². The molecule has 0 unspecified atom stereocenters. The fourth-order valence-electron chi connectivity index (χ4n) is 2.33. The average molecular weight is 433 g/mol. The summed E-state index contributed by atoms with van der Waals surface area (Å²) in [5.74, 6) is 0.00619. The van der Waals surface area contributed by atoms with Gasteiger partial charge < -0.3 is 4.74 Å². The first-order chi connectivity index (χ1) is 12.5. The van der Waals surface area contributed by atoms with Crippen molar-refractivity contribution in [2.45, 2.75) is 18.7 Å². The van der Waals surface area contributed by atoms with Crippen molar-refractivity contribution in [3.05, 3.63) is 47.5 Å². The molecule has 0 fully saturated rings. The Morgan fingerprint density at radius 2 is 1.67 bits per heavy atom. The summed E-state index contributed by atoms with van der Waals surface area (Å²) in [6, 6.07) is 10.3. The van der Waals surface area contributed by atoms with Crippen LogP contribution in [0.5, 0.6) is 5.75 Å². The molecule has 2 rings (SSSR count). The molecule has 0 saturated heterocycles. The van der Waals surface area contributed by atoms with Crippen molar-refractivity contribution in [3.8, 4) is 5.75 Å². The number of sulfonamides is 2. The molecule has 148 valence electrons. The zero-order valence-electron chi connectivity index (χ0n) is 15.1. The molecule has 0 aliphatic rings. The highest BCUT2D eigenvalue weighted by Crippen LogP contribution is 2.30. The predicted molar refractivity (Wildman–Crippen MR) is 108 cm³/mol. The standard InChI is InChI=1S/C17H21ClN2O5S2/c1-12(2)11-26(21,22)19-16-10-13(8-9-17(16)25-3)27(23,24)20-15-7-5-4-6-14(15)18/h4-10,12,19-20H,11H2,1-3H3. The lowest BCUT2D eigenvalue weighted by molar-refractivity contribution is 0.416. The minimum atomic E-state index is -3.99. The van der Waals surface area contributed by atoms with Crippen molar-refractivity contribution in [2.24, 2.45) is 5.92 Å². The van der Waals surface area contributed by atoms with E-state index in [9.17, 15) is 16.8 Å². The lowest BCUT2D eigenvalue weighted by Gasteiger charge is -2.15. The van der Waals surface area contributed by atoms with Crippen LogP contribution in [-0.2, 0) is 20.0 Å². The van der Waals surface area contributed by atoms with Crippen LogP contribution in [0.25, 0.3) is 0 Å². The van der Waals surface area contributed by atoms with Gasteiger partial charge in [-0.05, 0) is 36.2 Å². The largest absolute Gasteiger partial charge is 0.495 e. The summed E-state index contributed by atoms with van der Waals surface area (Å²) >= 11 is 5.99. The van der Waals surface area contributed by atoms with Crippen molar-refractivity contribution in [1.29, 1.82) is 0 Å². The summed E-state index contributed by atoms with van der Waals surface area (Å²) in [5, 5.41) is 0.243. The minimum absolute atomic E-state index is 0.0418. The Hall–Kier alpha value is -1.97. The Morgan fingerprint density at radius 3 is 2.26 bits per heavy atom. The van der Waals surface area contributed by atoms with Gasteiger partial charge in [-0.25, -0.2) is 16.8 Å². The number of methoxy groups -OCH3 is 1. The second-order valence-corrected chi connectivity index (χ2v) is 10.1. The van der Waals surface area contributed by atoms with Gasteiger partial charge in [0.1, 0.15) is 5.75 Å². The molecule has 0 aliphatic heterocycles. The third-order valence-corrected chi connectivity index (χ3v) is 6.75. The van der Waals surface area contributed by atoms with E-state index in [-0.39, 0.29) is 38.7 Å². The number of para-hydroxylation sites is 1. The molecule has 27 heavy (non-hydrogen) atoms. The summed E-state index contributed by atoms with van der Waals surface area (Å²) in [6.45, 7) is 3.54. The van der Waals surface area contributed by atoms with Gasteiger partial charge in [0.25, 0.3) is 10.0 Å². The summed E-state index contributed by atoms with van der Waals surface area (Å²) in [4.78, 5) is -0.134. The highest BCUT2D eigenvalue weighted by atomic mass is 35.5. The smallest absolute Gasteiger partial charge is 0.262 e. The Kier molecular flexibility index (Phi) is 6.61. The molecule has 2 N–H and O–H groups in total. The number of nitrogens with one attached hydrogen (secondary N) is 2. The van der Waals surface area contributed by atoms with Crippen LogP contribution in [0.1, 0.15) is 13.8 Å².